The quantitative estimate of drug-likeness (QED) is 0.807. The fourth-order valence-electron chi connectivity index (χ4n) is 3.50. The van der Waals surface area contributed by atoms with Crippen LogP contribution in [0.25, 0.3) is 0 Å². The van der Waals surface area contributed by atoms with Crippen molar-refractivity contribution in [1.29, 1.82) is 0 Å². The van der Waals surface area contributed by atoms with E-state index < -0.39 is 6.10 Å². The van der Waals surface area contributed by atoms with Crippen LogP contribution in [0.15, 0.2) is 36.4 Å². The van der Waals surface area contributed by atoms with Gasteiger partial charge in [0, 0.05) is 25.3 Å². The normalized spacial score (nSPS) is 20.2. The van der Waals surface area contributed by atoms with E-state index in [-0.39, 0.29) is 17.0 Å². The van der Waals surface area contributed by atoms with Gasteiger partial charge in [-0.05, 0) is 48.9 Å². The standard InChI is InChI=1S/C20H24ClN3O2/c1-13-6-7-17(19(21)23-13)20(26)24-9-8-15(18(25)12-24)10-14-4-2-3-5-16(14)11-22/h2-7,15,18,25H,8-12,22H2,1H3. The van der Waals surface area contributed by atoms with Crippen molar-refractivity contribution in [3.8, 4) is 0 Å². The first-order valence-corrected chi connectivity index (χ1v) is 9.24. The number of hydrogen-bond acceptors (Lipinski definition) is 4. The van der Waals surface area contributed by atoms with E-state index >= 15 is 0 Å². The molecule has 2 heterocycles. The number of amides is 1. The summed E-state index contributed by atoms with van der Waals surface area (Å²) in [5.74, 6) is -0.0688. The largest absolute Gasteiger partial charge is 0.391 e. The van der Waals surface area contributed by atoms with Crippen LogP contribution in [0, 0.1) is 12.8 Å². The van der Waals surface area contributed by atoms with Crippen molar-refractivity contribution in [1.82, 2.24) is 9.88 Å². The molecule has 26 heavy (non-hydrogen) atoms. The molecule has 1 aromatic heterocycles. The number of aliphatic hydroxyl groups is 1. The highest BCUT2D eigenvalue weighted by atomic mass is 35.5. The van der Waals surface area contributed by atoms with E-state index in [1.165, 1.54) is 5.56 Å². The van der Waals surface area contributed by atoms with E-state index in [1.807, 2.05) is 25.1 Å². The zero-order valence-electron chi connectivity index (χ0n) is 14.9. The predicted molar refractivity (Wildman–Crippen MR) is 102 cm³/mol. The summed E-state index contributed by atoms with van der Waals surface area (Å²) in [4.78, 5) is 18.5. The number of benzene rings is 1. The van der Waals surface area contributed by atoms with Gasteiger partial charge in [0.1, 0.15) is 5.15 Å². The van der Waals surface area contributed by atoms with Gasteiger partial charge in [-0.15, -0.1) is 0 Å². The Labute approximate surface area is 158 Å². The molecular formula is C20H24ClN3O2. The molecule has 1 aliphatic heterocycles. The van der Waals surface area contributed by atoms with Crippen molar-refractivity contribution >= 4 is 17.5 Å². The van der Waals surface area contributed by atoms with Crippen LogP contribution < -0.4 is 5.73 Å². The maximum atomic E-state index is 12.7. The molecule has 6 heteroatoms. The van der Waals surface area contributed by atoms with Gasteiger partial charge in [0.15, 0.2) is 0 Å². The first-order chi connectivity index (χ1) is 12.5. The Morgan fingerprint density at radius 1 is 1.31 bits per heavy atom. The van der Waals surface area contributed by atoms with Gasteiger partial charge in [-0.2, -0.15) is 0 Å². The molecule has 3 N–H and O–H groups in total. The summed E-state index contributed by atoms with van der Waals surface area (Å²) in [5, 5.41) is 10.8. The molecule has 0 aliphatic carbocycles. The second kappa shape index (κ2) is 8.16. The molecule has 2 unspecified atom stereocenters. The molecule has 1 amide bonds. The number of piperidine rings is 1. The number of hydrogen-bond donors (Lipinski definition) is 2. The number of carbonyl (C=O) groups excluding carboxylic acids is 1. The highest BCUT2D eigenvalue weighted by Gasteiger charge is 2.31. The van der Waals surface area contributed by atoms with Crippen LogP contribution >= 0.6 is 11.6 Å². The van der Waals surface area contributed by atoms with Crippen LogP contribution in [-0.2, 0) is 13.0 Å². The highest BCUT2D eigenvalue weighted by molar-refractivity contribution is 6.32. The first kappa shape index (κ1) is 18.8. The van der Waals surface area contributed by atoms with E-state index in [9.17, 15) is 9.90 Å². The van der Waals surface area contributed by atoms with Crippen LogP contribution in [0.1, 0.15) is 33.6 Å². The minimum atomic E-state index is -0.573. The van der Waals surface area contributed by atoms with Crippen LogP contribution in [0.2, 0.25) is 5.15 Å². The Balaban J connectivity index is 1.67. The Kier molecular flexibility index (Phi) is 5.91. The summed E-state index contributed by atoms with van der Waals surface area (Å²) in [7, 11) is 0. The average Bonchev–Trinajstić information content (AvgIpc) is 2.63. The van der Waals surface area contributed by atoms with Gasteiger partial charge in [-0.3, -0.25) is 4.79 Å². The van der Waals surface area contributed by atoms with Gasteiger partial charge >= 0.3 is 0 Å². The molecule has 0 bridgehead atoms. The van der Waals surface area contributed by atoms with Crippen molar-refractivity contribution < 1.29 is 9.90 Å². The number of pyridine rings is 1. The number of carbonyl (C=O) groups is 1. The lowest BCUT2D eigenvalue weighted by Crippen LogP contribution is -2.47. The number of halogens is 1. The van der Waals surface area contributed by atoms with Crippen LogP contribution in [-0.4, -0.2) is 40.1 Å². The summed E-state index contributed by atoms with van der Waals surface area (Å²) in [6.45, 7) is 3.21. The molecule has 5 nitrogen and oxygen atoms in total. The fourth-order valence-corrected chi connectivity index (χ4v) is 3.77. The lowest BCUT2D eigenvalue weighted by molar-refractivity contribution is 0.0197. The topological polar surface area (TPSA) is 79.5 Å². The Hall–Kier alpha value is -1.95. The molecule has 1 fully saturated rings. The van der Waals surface area contributed by atoms with E-state index in [0.29, 0.717) is 25.2 Å². The number of aromatic nitrogens is 1. The highest BCUT2D eigenvalue weighted by Crippen LogP contribution is 2.26. The Morgan fingerprint density at radius 2 is 2.04 bits per heavy atom. The van der Waals surface area contributed by atoms with Gasteiger partial charge in [0.25, 0.3) is 5.91 Å². The lowest BCUT2D eigenvalue weighted by atomic mass is 9.86. The van der Waals surface area contributed by atoms with Crippen molar-refractivity contribution in [2.24, 2.45) is 11.7 Å². The molecule has 0 saturated carbocycles. The van der Waals surface area contributed by atoms with Crippen LogP contribution in [0.4, 0.5) is 0 Å². The molecule has 1 aliphatic rings. The van der Waals surface area contributed by atoms with Gasteiger partial charge in [0.05, 0.1) is 11.7 Å². The van der Waals surface area contributed by atoms with Crippen LogP contribution in [0.3, 0.4) is 0 Å². The van der Waals surface area contributed by atoms with Gasteiger partial charge in [-0.1, -0.05) is 35.9 Å². The summed E-state index contributed by atoms with van der Waals surface area (Å²) >= 11 is 6.12. The molecule has 2 atom stereocenters. The maximum Gasteiger partial charge on any atom is 0.257 e. The molecule has 138 valence electrons. The summed E-state index contributed by atoms with van der Waals surface area (Å²) in [6, 6.07) is 11.5. The zero-order valence-corrected chi connectivity index (χ0v) is 15.6. The molecule has 1 saturated heterocycles. The Morgan fingerprint density at radius 3 is 2.69 bits per heavy atom. The van der Waals surface area contributed by atoms with Crippen molar-refractivity contribution in [3.05, 3.63) is 63.9 Å². The number of likely N-dealkylation sites (tertiary alicyclic amines) is 1. The fraction of sp³-hybridized carbons (Fsp3) is 0.400. The van der Waals surface area contributed by atoms with Crippen molar-refractivity contribution in [2.75, 3.05) is 13.1 Å². The second-order valence-corrected chi connectivity index (χ2v) is 7.19. The lowest BCUT2D eigenvalue weighted by Gasteiger charge is -2.36. The molecule has 3 rings (SSSR count). The minimum absolute atomic E-state index is 0.110. The van der Waals surface area contributed by atoms with Gasteiger partial charge < -0.3 is 15.7 Å². The first-order valence-electron chi connectivity index (χ1n) is 8.87. The molecular weight excluding hydrogens is 350 g/mol. The summed E-state index contributed by atoms with van der Waals surface area (Å²) < 4.78 is 0. The average molecular weight is 374 g/mol. The molecule has 0 spiro atoms. The number of nitrogens with two attached hydrogens (primary N) is 1. The molecule has 1 aromatic carbocycles. The van der Waals surface area contributed by atoms with E-state index in [4.69, 9.17) is 17.3 Å². The smallest absolute Gasteiger partial charge is 0.257 e. The van der Waals surface area contributed by atoms with Crippen molar-refractivity contribution in [3.63, 3.8) is 0 Å². The number of aliphatic hydroxyl groups excluding tert-OH is 1. The number of β-amino-alcohol motifs (C(OH)–C–C–N with tert-alkyl or cyclic N) is 1. The van der Waals surface area contributed by atoms with Gasteiger partial charge in [0.2, 0.25) is 0 Å². The zero-order chi connectivity index (χ0) is 18.7. The Bertz CT molecular complexity index is 796. The van der Waals surface area contributed by atoms with Crippen molar-refractivity contribution in [2.45, 2.75) is 32.4 Å². The number of aryl methyl sites for hydroxylation is 1. The third-order valence-electron chi connectivity index (χ3n) is 5.05. The third kappa shape index (κ3) is 4.06. The van der Waals surface area contributed by atoms with Crippen LogP contribution in [0.5, 0.6) is 0 Å². The van der Waals surface area contributed by atoms with E-state index in [0.717, 1.165) is 24.1 Å². The second-order valence-electron chi connectivity index (χ2n) is 6.84. The van der Waals surface area contributed by atoms with E-state index in [2.05, 4.69) is 11.1 Å². The third-order valence-corrected chi connectivity index (χ3v) is 5.34. The minimum Gasteiger partial charge on any atom is -0.391 e. The summed E-state index contributed by atoms with van der Waals surface area (Å²) in [5.41, 5.74) is 9.24. The summed E-state index contributed by atoms with van der Waals surface area (Å²) in [6.07, 6.45) is 0.933. The van der Waals surface area contributed by atoms with E-state index in [1.54, 1.807) is 17.0 Å². The molecule has 2 aromatic rings. The number of rotatable bonds is 4. The SMILES string of the molecule is Cc1ccc(C(=O)N2CCC(Cc3ccccc3CN)C(O)C2)c(Cl)n1. The molecule has 0 radical (unpaired) electrons. The van der Waals surface area contributed by atoms with Gasteiger partial charge in [-0.25, -0.2) is 4.98 Å². The predicted octanol–water partition coefficient (Wildman–Crippen LogP) is 2.57. The maximum absolute atomic E-state index is 12.7. The number of nitrogens with zero attached hydrogens (tertiary/aromatic N) is 2. The monoisotopic (exact) mass is 373 g/mol.